The summed E-state index contributed by atoms with van der Waals surface area (Å²) in [6.07, 6.45) is 1.18. The van der Waals surface area contributed by atoms with Gasteiger partial charge in [0.2, 0.25) is 0 Å². The average molecular weight is 457 g/mol. The van der Waals surface area contributed by atoms with Crippen molar-refractivity contribution in [3.8, 4) is 11.5 Å². The lowest BCUT2D eigenvalue weighted by molar-refractivity contribution is -0.123. The van der Waals surface area contributed by atoms with Crippen molar-refractivity contribution in [2.75, 3.05) is 0 Å². The predicted octanol–water partition coefficient (Wildman–Crippen LogP) is 1.96. The van der Waals surface area contributed by atoms with Crippen molar-refractivity contribution in [3.63, 3.8) is 0 Å². The Kier molecular flexibility index (Phi) is 6.31. The van der Waals surface area contributed by atoms with Crippen LogP contribution >= 0.6 is 0 Å². The first-order valence-electron chi connectivity index (χ1n) is 10.1. The van der Waals surface area contributed by atoms with Crippen molar-refractivity contribution >= 4 is 28.8 Å². The Labute approximate surface area is 192 Å². The van der Waals surface area contributed by atoms with E-state index in [2.05, 4.69) is 26.0 Å². The number of rotatable bonds is 6. The van der Waals surface area contributed by atoms with Crippen LogP contribution in [0, 0.1) is 0 Å². The highest BCUT2D eigenvalue weighted by Gasteiger charge is 2.27. The number of hydrogen-bond acceptors (Lipinski definition) is 7. The number of benzene rings is 3. The third kappa shape index (κ3) is 4.75. The van der Waals surface area contributed by atoms with Crippen LogP contribution in [0.25, 0.3) is 10.8 Å². The van der Waals surface area contributed by atoms with Crippen molar-refractivity contribution in [2.24, 2.45) is 5.10 Å². The predicted molar refractivity (Wildman–Crippen MR) is 125 cm³/mol. The van der Waals surface area contributed by atoms with Gasteiger partial charge in [0, 0.05) is 22.6 Å². The second kappa shape index (κ2) is 9.65. The molecule has 1 aromatic heterocycles. The van der Waals surface area contributed by atoms with Gasteiger partial charge in [0.15, 0.2) is 6.04 Å². The maximum absolute atomic E-state index is 13.1. The van der Waals surface area contributed by atoms with E-state index in [0.717, 1.165) is 6.07 Å². The largest absolute Gasteiger partial charge is 0.508 e. The maximum atomic E-state index is 13.1. The first kappa shape index (κ1) is 22.2. The first-order chi connectivity index (χ1) is 16.4. The summed E-state index contributed by atoms with van der Waals surface area (Å²) in [7, 11) is 0. The number of phenolic OH excluding ortho intramolecular Hbond substituents is 2. The van der Waals surface area contributed by atoms with Gasteiger partial charge in [-0.2, -0.15) is 10.2 Å². The minimum absolute atomic E-state index is 0.125. The summed E-state index contributed by atoms with van der Waals surface area (Å²) >= 11 is 0. The molecule has 0 spiro atoms. The Bertz CT molecular complexity index is 1450. The Morgan fingerprint density at radius 1 is 0.971 bits per heavy atom. The summed E-state index contributed by atoms with van der Waals surface area (Å²) in [5.74, 6) is -1.62. The fourth-order valence-corrected chi connectivity index (χ4v) is 3.29. The lowest BCUT2D eigenvalue weighted by Crippen LogP contribution is -2.40. The van der Waals surface area contributed by atoms with Gasteiger partial charge in [0.25, 0.3) is 17.4 Å². The number of aromatic nitrogens is 2. The molecule has 4 aromatic rings. The van der Waals surface area contributed by atoms with Gasteiger partial charge >= 0.3 is 0 Å². The normalized spacial score (nSPS) is 11.9. The summed E-state index contributed by atoms with van der Waals surface area (Å²) in [6, 6.07) is 17.5. The quantitative estimate of drug-likeness (QED) is 0.220. The third-order valence-electron chi connectivity index (χ3n) is 4.96. The van der Waals surface area contributed by atoms with Crippen molar-refractivity contribution in [3.05, 3.63) is 100.0 Å². The molecule has 5 N–H and O–H groups in total. The molecular weight excluding hydrogens is 438 g/mol. The zero-order chi connectivity index (χ0) is 24.1. The van der Waals surface area contributed by atoms with E-state index >= 15 is 0 Å². The molecule has 4 rings (SSSR count). The number of fused-ring (bicyclic) bond motifs is 1. The van der Waals surface area contributed by atoms with Crippen LogP contribution in [0.1, 0.15) is 27.7 Å². The smallest absolute Gasteiger partial charge is 0.272 e. The number of H-pyrrole nitrogens is 1. The van der Waals surface area contributed by atoms with Crippen LogP contribution < -0.4 is 16.3 Å². The minimum atomic E-state index is -1.31. The van der Waals surface area contributed by atoms with Gasteiger partial charge in [-0.3, -0.25) is 14.4 Å². The van der Waals surface area contributed by atoms with Crippen molar-refractivity contribution in [1.29, 1.82) is 0 Å². The van der Waals surface area contributed by atoms with E-state index < -0.39 is 23.4 Å². The van der Waals surface area contributed by atoms with Crippen LogP contribution in [0.3, 0.4) is 0 Å². The van der Waals surface area contributed by atoms with Crippen LogP contribution in [0.5, 0.6) is 11.5 Å². The fraction of sp³-hybridized carbons (Fsp3) is 0.0417. The van der Waals surface area contributed by atoms with Gasteiger partial charge in [0.05, 0.1) is 11.6 Å². The van der Waals surface area contributed by atoms with Crippen LogP contribution in [0.15, 0.2) is 82.7 Å². The molecule has 0 aliphatic carbocycles. The number of carbonyl (C=O) groups excluding carboxylic acids is 2. The molecule has 10 nitrogen and oxygen atoms in total. The number of hydrazone groups is 1. The number of hydrogen-bond donors (Lipinski definition) is 5. The van der Waals surface area contributed by atoms with E-state index in [4.69, 9.17) is 0 Å². The van der Waals surface area contributed by atoms with Crippen molar-refractivity contribution in [2.45, 2.75) is 6.04 Å². The second-order valence-electron chi connectivity index (χ2n) is 7.23. The van der Waals surface area contributed by atoms with Crippen LogP contribution in [-0.2, 0) is 4.79 Å². The molecule has 2 amide bonds. The molecule has 0 radical (unpaired) electrons. The number of phenols is 2. The Hall–Kier alpha value is -4.99. The number of nitrogens with one attached hydrogen (secondary N) is 3. The van der Waals surface area contributed by atoms with Gasteiger partial charge in [-0.1, -0.05) is 36.4 Å². The summed E-state index contributed by atoms with van der Waals surface area (Å²) in [6.45, 7) is 0. The second-order valence-corrected chi connectivity index (χ2v) is 7.23. The number of aromatic hydroxyl groups is 2. The highest BCUT2D eigenvalue weighted by Crippen LogP contribution is 2.22. The number of carbonyl (C=O) groups is 2. The highest BCUT2D eigenvalue weighted by molar-refractivity contribution is 5.99. The zero-order valence-corrected chi connectivity index (χ0v) is 17.6. The van der Waals surface area contributed by atoms with E-state index in [1.165, 1.54) is 18.3 Å². The molecule has 1 heterocycles. The van der Waals surface area contributed by atoms with Crippen LogP contribution in [-0.4, -0.2) is 38.4 Å². The van der Waals surface area contributed by atoms with Crippen molar-refractivity contribution in [1.82, 2.24) is 20.9 Å². The minimum Gasteiger partial charge on any atom is -0.508 e. The van der Waals surface area contributed by atoms with Gasteiger partial charge in [0.1, 0.15) is 17.2 Å². The summed E-state index contributed by atoms with van der Waals surface area (Å²) in [4.78, 5) is 38.1. The number of aromatic amines is 1. The van der Waals surface area contributed by atoms with Gasteiger partial charge in [-0.05, 0) is 30.3 Å². The Morgan fingerprint density at radius 3 is 2.41 bits per heavy atom. The molecule has 0 aliphatic rings. The van der Waals surface area contributed by atoms with Crippen molar-refractivity contribution < 1.29 is 19.8 Å². The molecule has 0 unspecified atom stereocenters. The average Bonchev–Trinajstić information content (AvgIpc) is 2.85. The van der Waals surface area contributed by atoms with Crippen LogP contribution in [0.4, 0.5) is 0 Å². The molecule has 0 aliphatic heterocycles. The van der Waals surface area contributed by atoms with Gasteiger partial charge < -0.3 is 15.5 Å². The fourth-order valence-electron chi connectivity index (χ4n) is 3.29. The summed E-state index contributed by atoms with van der Waals surface area (Å²) in [5.41, 5.74) is 2.58. The topological polar surface area (TPSA) is 157 Å². The standard InChI is InChI=1S/C24H19N5O5/c30-16-11-10-15(19(31)12-16)13-25-28-24(34)21(26-22(32)14-6-2-1-3-7-14)20-17-8-4-5-9-18(17)23(33)29-27-20/h1-13,21,30-31H,(H,26,32)(H,28,34)(H,29,33)/t21-/m1/s1. The molecule has 1 atom stereocenters. The first-order valence-corrected chi connectivity index (χ1v) is 10.1. The van der Waals surface area contributed by atoms with E-state index in [9.17, 15) is 24.6 Å². The molecular formula is C24H19N5O5. The molecule has 170 valence electrons. The molecule has 3 aromatic carbocycles. The Morgan fingerprint density at radius 2 is 1.68 bits per heavy atom. The molecule has 10 heteroatoms. The zero-order valence-electron chi connectivity index (χ0n) is 17.6. The molecule has 0 bridgehead atoms. The van der Waals surface area contributed by atoms with E-state index in [1.54, 1.807) is 54.6 Å². The summed E-state index contributed by atoms with van der Waals surface area (Å²) in [5, 5.41) is 32.8. The Balaban J connectivity index is 1.67. The van der Waals surface area contributed by atoms with Gasteiger partial charge in [-0.25, -0.2) is 10.5 Å². The highest BCUT2D eigenvalue weighted by atomic mass is 16.3. The molecule has 0 fully saturated rings. The monoisotopic (exact) mass is 457 g/mol. The molecule has 0 saturated heterocycles. The van der Waals surface area contributed by atoms with Crippen LogP contribution in [0.2, 0.25) is 0 Å². The third-order valence-corrected chi connectivity index (χ3v) is 4.96. The summed E-state index contributed by atoms with van der Waals surface area (Å²) < 4.78 is 0. The SMILES string of the molecule is O=C(N[C@@H](C(=O)NN=Cc1ccc(O)cc1O)c1n[nH]c(=O)c2ccccc12)c1ccccc1. The van der Waals surface area contributed by atoms with E-state index in [-0.39, 0.29) is 22.8 Å². The molecule has 34 heavy (non-hydrogen) atoms. The molecule has 0 saturated carbocycles. The number of nitrogens with zero attached hydrogens (tertiary/aromatic N) is 2. The van der Waals surface area contributed by atoms with E-state index in [1.807, 2.05) is 0 Å². The maximum Gasteiger partial charge on any atom is 0.272 e. The number of amides is 2. The van der Waals surface area contributed by atoms with Gasteiger partial charge in [-0.15, -0.1) is 0 Å². The lowest BCUT2D eigenvalue weighted by atomic mass is 10.0. The lowest BCUT2D eigenvalue weighted by Gasteiger charge is -2.18. The van der Waals surface area contributed by atoms with E-state index in [0.29, 0.717) is 16.3 Å².